The van der Waals surface area contributed by atoms with Crippen LogP contribution in [0.25, 0.3) is 0 Å². The molecule has 2 fully saturated rings. The summed E-state index contributed by atoms with van der Waals surface area (Å²) in [7, 11) is 0. The number of nitrogens with zero attached hydrogens (tertiary/aromatic N) is 2. The normalized spacial score (nSPS) is 25.1. The van der Waals surface area contributed by atoms with Gasteiger partial charge in [0.15, 0.2) is 0 Å². The topological polar surface area (TPSA) is 33.2 Å². The number of alkyl halides is 3. The first-order chi connectivity index (χ1) is 10.9. The lowest BCUT2D eigenvalue weighted by atomic mass is 9.75. The first-order valence-electron chi connectivity index (χ1n) is 8.20. The van der Waals surface area contributed by atoms with E-state index in [0.29, 0.717) is 18.4 Å². The van der Waals surface area contributed by atoms with Gasteiger partial charge in [-0.05, 0) is 43.7 Å². The molecule has 1 saturated carbocycles. The lowest BCUT2D eigenvalue weighted by molar-refractivity contribution is -0.141. The number of amides is 1. The highest BCUT2D eigenvalue weighted by atomic mass is 19.4. The van der Waals surface area contributed by atoms with E-state index in [9.17, 15) is 18.0 Å². The first kappa shape index (κ1) is 16.3. The van der Waals surface area contributed by atoms with Crippen molar-refractivity contribution in [3.63, 3.8) is 0 Å². The van der Waals surface area contributed by atoms with E-state index >= 15 is 0 Å². The van der Waals surface area contributed by atoms with Crippen molar-refractivity contribution in [2.75, 3.05) is 13.1 Å². The van der Waals surface area contributed by atoms with Crippen LogP contribution in [-0.4, -0.2) is 28.9 Å². The second-order valence-corrected chi connectivity index (χ2v) is 6.67. The number of likely N-dealkylation sites (tertiary alicyclic amines) is 1. The minimum absolute atomic E-state index is 0.149. The summed E-state index contributed by atoms with van der Waals surface area (Å²) in [6, 6.07) is 2.16. The average Bonchev–Trinajstić information content (AvgIpc) is 2.53. The number of aromatic nitrogens is 1. The van der Waals surface area contributed by atoms with Crippen LogP contribution >= 0.6 is 0 Å². The second-order valence-electron chi connectivity index (χ2n) is 6.67. The predicted molar refractivity (Wildman–Crippen MR) is 79.9 cm³/mol. The molecule has 0 aromatic carbocycles. The molecule has 2 aliphatic rings. The molecule has 1 aliphatic carbocycles. The van der Waals surface area contributed by atoms with Gasteiger partial charge in [-0.1, -0.05) is 19.3 Å². The van der Waals surface area contributed by atoms with Crippen molar-refractivity contribution in [1.29, 1.82) is 0 Å². The summed E-state index contributed by atoms with van der Waals surface area (Å²) in [4.78, 5) is 18.0. The number of piperidine rings is 1. The predicted octanol–water partition coefficient (Wildman–Crippen LogP) is 4.06. The minimum atomic E-state index is -4.48. The molecule has 3 rings (SSSR count). The van der Waals surface area contributed by atoms with Crippen LogP contribution < -0.4 is 0 Å². The number of pyridine rings is 1. The fourth-order valence-corrected chi connectivity index (χ4v) is 3.90. The Balaban J connectivity index is 1.75. The summed E-state index contributed by atoms with van der Waals surface area (Å²) in [6.07, 6.45) is 1.41. The molecule has 23 heavy (non-hydrogen) atoms. The molecule has 0 spiro atoms. The van der Waals surface area contributed by atoms with E-state index in [2.05, 4.69) is 4.98 Å². The number of fused-ring (bicyclic) bond motifs is 1. The molecule has 126 valence electrons. The summed E-state index contributed by atoms with van der Waals surface area (Å²) < 4.78 is 38.0. The number of halogens is 3. The lowest BCUT2D eigenvalue weighted by Gasteiger charge is -2.41. The van der Waals surface area contributed by atoms with Crippen LogP contribution in [0.15, 0.2) is 12.1 Å². The van der Waals surface area contributed by atoms with E-state index in [1.54, 1.807) is 4.90 Å². The molecule has 0 bridgehead atoms. The number of aryl methyl sites for hydroxylation is 1. The maximum atomic E-state index is 12.7. The van der Waals surface area contributed by atoms with E-state index in [1.165, 1.54) is 32.3 Å². The summed E-state index contributed by atoms with van der Waals surface area (Å²) >= 11 is 0. The van der Waals surface area contributed by atoms with E-state index in [-0.39, 0.29) is 17.2 Å². The number of hydrogen-bond acceptors (Lipinski definition) is 2. The van der Waals surface area contributed by atoms with E-state index < -0.39 is 11.9 Å². The Hall–Kier alpha value is -1.59. The van der Waals surface area contributed by atoms with Gasteiger partial charge in [0.05, 0.1) is 11.3 Å². The van der Waals surface area contributed by atoms with Crippen molar-refractivity contribution in [3.8, 4) is 0 Å². The summed E-state index contributed by atoms with van der Waals surface area (Å²) in [6.45, 7) is 2.89. The molecular weight excluding hydrogens is 305 g/mol. The van der Waals surface area contributed by atoms with Gasteiger partial charge in [0, 0.05) is 13.1 Å². The molecule has 2 heterocycles. The van der Waals surface area contributed by atoms with Crippen molar-refractivity contribution in [2.45, 2.75) is 45.2 Å². The molecule has 1 saturated heterocycles. The van der Waals surface area contributed by atoms with Crippen molar-refractivity contribution in [3.05, 3.63) is 29.1 Å². The smallest absolute Gasteiger partial charge is 0.338 e. The highest BCUT2D eigenvalue weighted by molar-refractivity contribution is 5.95. The van der Waals surface area contributed by atoms with Crippen molar-refractivity contribution >= 4 is 5.91 Å². The van der Waals surface area contributed by atoms with Crippen molar-refractivity contribution in [1.82, 2.24) is 9.88 Å². The molecule has 0 N–H and O–H groups in total. The van der Waals surface area contributed by atoms with Crippen LogP contribution in [0.5, 0.6) is 0 Å². The molecule has 3 nitrogen and oxygen atoms in total. The monoisotopic (exact) mass is 326 g/mol. The van der Waals surface area contributed by atoms with Gasteiger partial charge in [-0.2, -0.15) is 13.2 Å². The van der Waals surface area contributed by atoms with Gasteiger partial charge in [0.25, 0.3) is 5.91 Å². The zero-order valence-corrected chi connectivity index (χ0v) is 13.2. The van der Waals surface area contributed by atoms with E-state index in [4.69, 9.17) is 0 Å². The van der Waals surface area contributed by atoms with Gasteiger partial charge in [0.1, 0.15) is 5.69 Å². The first-order valence-corrected chi connectivity index (χ1v) is 8.20. The van der Waals surface area contributed by atoms with Gasteiger partial charge >= 0.3 is 6.18 Å². The van der Waals surface area contributed by atoms with E-state index in [1.807, 2.05) is 0 Å². The lowest BCUT2D eigenvalue weighted by Crippen LogP contribution is -2.45. The summed E-state index contributed by atoms with van der Waals surface area (Å²) in [5.74, 6) is 1.07. The molecule has 2 atom stereocenters. The number of carbonyl (C=O) groups excluding carboxylic acids is 1. The zero-order valence-electron chi connectivity index (χ0n) is 13.2. The minimum Gasteiger partial charge on any atom is -0.338 e. The third kappa shape index (κ3) is 3.35. The number of carbonyl (C=O) groups is 1. The van der Waals surface area contributed by atoms with E-state index in [0.717, 1.165) is 25.5 Å². The maximum Gasteiger partial charge on any atom is 0.433 e. The van der Waals surface area contributed by atoms with Gasteiger partial charge in [0.2, 0.25) is 0 Å². The highest BCUT2D eigenvalue weighted by Gasteiger charge is 2.35. The molecule has 0 radical (unpaired) electrons. The van der Waals surface area contributed by atoms with Gasteiger partial charge in [-0.3, -0.25) is 4.79 Å². The second kappa shape index (κ2) is 6.13. The zero-order chi connectivity index (χ0) is 16.6. The van der Waals surface area contributed by atoms with Crippen LogP contribution in [0.1, 0.15) is 53.8 Å². The Morgan fingerprint density at radius 1 is 1.17 bits per heavy atom. The Labute approximate surface area is 133 Å². The molecule has 1 aromatic rings. The van der Waals surface area contributed by atoms with Gasteiger partial charge < -0.3 is 4.90 Å². The quantitative estimate of drug-likeness (QED) is 0.780. The molecule has 1 aliphatic heterocycles. The largest absolute Gasteiger partial charge is 0.433 e. The Morgan fingerprint density at radius 2 is 1.87 bits per heavy atom. The number of rotatable bonds is 1. The van der Waals surface area contributed by atoms with Gasteiger partial charge in [-0.25, -0.2) is 4.98 Å². The third-order valence-corrected chi connectivity index (χ3v) is 5.19. The summed E-state index contributed by atoms with van der Waals surface area (Å²) in [5.41, 5.74) is -0.514. The summed E-state index contributed by atoms with van der Waals surface area (Å²) in [5, 5.41) is 0. The third-order valence-electron chi connectivity index (χ3n) is 5.19. The van der Waals surface area contributed by atoms with Crippen LogP contribution in [0.4, 0.5) is 13.2 Å². The SMILES string of the molecule is Cc1nc(C(F)(F)F)ccc1C(=O)N1CC[C@H]2CCCC[C@@H]2C1. The molecule has 6 heteroatoms. The van der Waals surface area contributed by atoms with Crippen LogP contribution in [0.3, 0.4) is 0 Å². The Kier molecular flexibility index (Phi) is 4.34. The maximum absolute atomic E-state index is 12.7. The molecule has 0 unspecified atom stereocenters. The molecule has 1 amide bonds. The molecule has 1 aromatic heterocycles. The fourth-order valence-electron chi connectivity index (χ4n) is 3.90. The average molecular weight is 326 g/mol. The van der Waals surface area contributed by atoms with Crippen molar-refractivity contribution < 1.29 is 18.0 Å². The standard InChI is InChI=1S/C17H21F3N2O/c1-11-14(6-7-15(21-11)17(18,19)20)16(23)22-9-8-12-4-2-3-5-13(12)10-22/h6-7,12-13H,2-5,8-10H2,1H3/t12-,13-/m1/s1. The van der Waals surface area contributed by atoms with Crippen LogP contribution in [0, 0.1) is 18.8 Å². The van der Waals surface area contributed by atoms with Crippen LogP contribution in [0.2, 0.25) is 0 Å². The highest BCUT2D eigenvalue weighted by Crippen LogP contribution is 2.36. The Morgan fingerprint density at radius 3 is 2.52 bits per heavy atom. The Bertz CT molecular complexity index is 600. The fraction of sp³-hybridized carbons (Fsp3) is 0.647. The van der Waals surface area contributed by atoms with Crippen molar-refractivity contribution in [2.24, 2.45) is 11.8 Å². The molecular formula is C17H21F3N2O. The number of hydrogen-bond donors (Lipinski definition) is 0. The van der Waals surface area contributed by atoms with Gasteiger partial charge in [-0.15, -0.1) is 0 Å². The van der Waals surface area contributed by atoms with Crippen LogP contribution in [-0.2, 0) is 6.18 Å².